The zero-order valence-corrected chi connectivity index (χ0v) is 4.35. The quantitative estimate of drug-likeness (QED) is 0.368. The third-order valence-corrected chi connectivity index (χ3v) is 0.817. The summed E-state index contributed by atoms with van der Waals surface area (Å²) in [4.78, 5) is 0. The van der Waals surface area contributed by atoms with Gasteiger partial charge in [0, 0.05) is 0 Å². The van der Waals surface area contributed by atoms with Gasteiger partial charge in [0.2, 0.25) is 5.75 Å². The molecule has 44 valence electrons. The summed E-state index contributed by atoms with van der Waals surface area (Å²) < 4.78 is 13.8. The Morgan fingerprint density at radius 3 is 2.00 bits per heavy atom. The van der Waals surface area contributed by atoms with Crippen molar-refractivity contribution in [2.45, 2.75) is 5.75 Å². The Bertz CT molecular complexity index is 56.5. The maximum absolute atomic E-state index is 5.29. The van der Waals surface area contributed by atoms with Gasteiger partial charge in [-0.3, -0.25) is 0 Å². The molecular weight excluding hydrogens is 159 g/mol. The summed E-state index contributed by atoms with van der Waals surface area (Å²) in [6, 6.07) is 0. The van der Waals surface area contributed by atoms with Crippen molar-refractivity contribution in [2.75, 3.05) is 13.6 Å². The third-order valence-electron chi connectivity index (χ3n) is 0.565. The van der Waals surface area contributed by atoms with Crippen molar-refractivity contribution in [1.29, 1.82) is 0 Å². The Morgan fingerprint density at radius 2 is 1.75 bits per heavy atom. The van der Waals surface area contributed by atoms with Crippen LogP contribution in [-0.2, 0) is 14.2 Å². The Morgan fingerprint density at radius 1 is 1.25 bits per heavy atom. The van der Waals surface area contributed by atoms with Gasteiger partial charge in [-0.15, -0.1) is 0 Å². The van der Waals surface area contributed by atoms with Crippen molar-refractivity contribution in [1.82, 2.24) is 0 Å². The number of alkyl halides is 1. The van der Waals surface area contributed by atoms with Gasteiger partial charge in [-0.25, -0.2) is 0 Å². The zero-order valence-electron chi connectivity index (χ0n) is 3.59. The topological polar surface area (TPSA) is 27.7 Å². The monoisotopic (exact) mass is 164 g/mol. The van der Waals surface area contributed by atoms with Crippen LogP contribution in [0.3, 0.4) is 0 Å². The number of hydrogen-bond acceptors (Lipinski definition) is 3. The average Bonchev–Trinajstić information content (AvgIpc) is 1.69. The molecular formula is C3H6ClKO3. The Labute approximate surface area is 95.0 Å². The second kappa shape index (κ2) is 5.58. The number of rotatable bonds is 0. The summed E-state index contributed by atoms with van der Waals surface area (Å²) in [6.45, 7) is 0.461. The van der Waals surface area contributed by atoms with Crippen LogP contribution in [0.4, 0.5) is 0 Å². The van der Waals surface area contributed by atoms with Crippen LogP contribution in [0.15, 0.2) is 0 Å². The van der Waals surface area contributed by atoms with E-state index in [4.69, 9.17) is 11.6 Å². The normalized spacial score (nSPS) is 22.1. The maximum atomic E-state index is 5.29. The number of halogens is 1. The van der Waals surface area contributed by atoms with Gasteiger partial charge in [0.05, 0.1) is 0 Å². The van der Waals surface area contributed by atoms with Gasteiger partial charge in [0.15, 0.2) is 13.6 Å². The Balaban J connectivity index is 0.000000490. The summed E-state index contributed by atoms with van der Waals surface area (Å²) in [7, 11) is 0. The van der Waals surface area contributed by atoms with Crippen molar-refractivity contribution in [2.24, 2.45) is 0 Å². The van der Waals surface area contributed by atoms with Gasteiger partial charge in [-0.2, -0.15) is 0 Å². The molecule has 0 bridgehead atoms. The molecule has 0 aromatic rings. The molecule has 1 rings (SSSR count). The number of hydrogen-bond donors (Lipinski definition) is 0. The predicted octanol–water partition coefficient (Wildman–Crippen LogP) is -0.161. The molecule has 0 atom stereocenters. The van der Waals surface area contributed by atoms with E-state index in [0.29, 0.717) is 0 Å². The van der Waals surface area contributed by atoms with E-state index in [2.05, 4.69) is 14.2 Å². The van der Waals surface area contributed by atoms with Crippen LogP contribution < -0.4 is 0 Å². The molecule has 5 heteroatoms. The fourth-order valence-corrected chi connectivity index (χ4v) is 0.388. The minimum atomic E-state index is -0.617. The first kappa shape index (κ1) is 9.81. The molecule has 3 nitrogen and oxygen atoms in total. The fraction of sp³-hybridized carbons (Fsp3) is 1.00. The van der Waals surface area contributed by atoms with Gasteiger partial charge < -0.3 is 14.2 Å². The van der Waals surface area contributed by atoms with Crippen molar-refractivity contribution in [3.8, 4) is 0 Å². The molecule has 1 aliphatic rings. The molecule has 0 aromatic carbocycles. The summed E-state index contributed by atoms with van der Waals surface area (Å²) in [5.41, 5.74) is 0. The van der Waals surface area contributed by atoms with E-state index >= 15 is 0 Å². The minimum absolute atomic E-state index is 0. The molecule has 0 saturated carbocycles. The first-order valence-electron chi connectivity index (χ1n) is 1.84. The second-order valence-electron chi connectivity index (χ2n) is 1.05. The molecule has 1 saturated heterocycles. The molecule has 1 aliphatic heterocycles. The Hall–Kier alpha value is 1.81. The van der Waals surface area contributed by atoms with Crippen LogP contribution in [0.2, 0.25) is 0 Å². The molecule has 0 spiro atoms. The molecule has 0 aromatic heterocycles. The van der Waals surface area contributed by atoms with Gasteiger partial charge in [-0.1, -0.05) is 11.6 Å². The first-order chi connectivity index (χ1) is 3.39. The second-order valence-corrected chi connectivity index (χ2v) is 1.40. The summed E-state index contributed by atoms with van der Waals surface area (Å²) >= 11 is 5.29. The van der Waals surface area contributed by atoms with E-state index in [1.165, 1.54) is 0 Å². The van der Waals surface area contributed by atoms with Crippen molar-refractivity contribution in [3.05, 3.63) is 0 Å². The molecule has 0 unspecified atom stereocenters. The zero-order chi connectivity index (χ0) is 5.11. The molecule has 8 heavy (non-hydrogen) atoms. The van der Waals surface area contributed by atoms with Gasteiger partial charge >= 0.3 is 51.4 Å². The van der Waals surface area contributed by atoms with E-state index in [-0.39, 0.29) is 65.0 Å². The van der Waals surface area contributed by atoms with Gasteiger partial charge in [0.25, 0.3) is 0 Å². The average molecular weight is 165 g/mol. The van der Waals surface area contributed by atoms with E-state index in [0.717, 1.165) is 0 Å². The molecule has 1 fully saturated rings. The third kappa shape index (κ3) is 3.76. The molecule has 0 N–H and O–H groups in total. The van der Waals surface area contributed by atoms with Crippen LogP contribution in [0.25, 0.3) is 0 Å². The van der Waals surface area contributed by atoms with Crippen molar-refractivity contribution in [3.63, 3.8) is 0 Å². The van der Waals surface area contributed by atoms with E-state index < -0.39 is 5.75 Å². The van der Waals surface area contributed by atoms with E-state index in [1.807, 2.05) is 0 Å². The molecule has 0 aliphatic carbocycles. The first-order valence-corrected chi connectivity index (χ1v) is 2.28. The van der Waals surface area contributed by atoms with E-state index in [9.17, 15) is 0 Å². The number of ether oxygens (including phenoxy) is 3. The standard InChI is InChI=1S/C3H5ClO3.K.H/c4-3-6-1-5-2-7-3;;/h3H,1-2H2;;. The summed E-state index contributed by atoms with van der Waals surface area (Å²) in [6.07, 6.45) is 0. The van der Waals surface area contributed by atoms with Gasteiger partial charge in [0.1, 0.15) is 0 Å². The summed E-state index contributed by atoms with van der Waals surface area (Å²) in [5.74, 6) is -0.617. The van der Waals surface area contributed by atoms with Crippen LogP contribution in [0.1, 0.15) is 0 Å². The fourth-order valence-electron chi connectivity index (χ4n) is 0.285. The Kier molecular flexibility index (Phi) is 6.84. The van der Waals surface area contributed by atoms with Crippen molar-refractivity contribution < 1.29 is 14.2 Å². The van der Waals surface area contributed by atoms with Crippen LogP contribution in [0, 0.1) is 0 Å². The van der Waals surface area contributed by atoms with Crippen LogP contribution in [0.5, 0.6) is 0 Å². The molecule has 1 heterocycles. The SMILES string of the molecule is ClC1OCOCO1.[KH]. The predicted molar refractivity (Wildman–Crippen MR) is 29.8 cm³/mol. The van der Waals surface area contributed by atoms with E-state index in [1.54, 1.807) is 0 Å². The molecule has 0 radical (unpaired) electrons. The van der Waals surface area contributed by atoms with Crippen molar-refractivity contribution >= 4 is 63.0 Å². The molecule has 0 amide bonds. The van der Waals surface area contributed by atoms with Gasteiger partial charge in [-0.05, 0) is 0 Å². The van der Waals surface area contributed by atoms with Crippen LogP contribution >= 0.6 is 11.6 Å². The summed E-state index contributed by atoms with van der Waals surface area (Å²) in [5, 5.41) is 0. The van der Waals surface area contributed by atoms with Crippen LogP contribution in [-0.4, -0.2) is 70.7 Å².